The van der Waals surface area contributed by atoms with Crippen LogP contribution in [0.1, 0.15) is 34.1 Å². The van der Waals surface area contributed by atoms with E-state index in [9.17, 15) is 0 Å². The van der Waals surface area contributed by atoms with Gasteiger partial charge in [-0.2, -0.15) is 0 Å². The van der Waals surface area contributed by atoms with E-state index in [1.807, 2.05) is 0 Å². The van der Waals surface area contributed by atoms with Gasteiger partial charge < -0.3 is 19.9 Å². The summed E-state index contributed by atoms with van der Waals surface area (Å²) in [6.45, 7) is 13.0. The minimum absolute atomic E-state index is 0.581. The topological polar surface area (TPSA) is 56.5 Å². The lowest BCUT2D eigenvalue weighted by atomic mass is 10.2. The Labute approximate surface area is 114 Å². The number of rotatable bonds is 12. The molecule has 0 saturated carbocycles. The monoisotopic (exact) mass is 276 g/mol. The highest BCUT2D eigenvalue weighted by Gasteiger charge is 2.14. The van der Waals surface area contributed by atoms with Gasteiger partial charge in [0.1, 0.15) is 0 Å². The SMILES string of the molecule is CC(C)CO[SiH](CCCNCCN)OCC(C)C. The minimum atomic E-state index is -1.47. The van der Waals surface area contributed by atoms with E-state index in [0.717, 1.165) is 38.8 Å². The zero-order chi connectivity index (χ0) is 13.8. The summed E-state index contributed by atoms with van der Waals surface area (Å²) in [5.41, 5.74) is 5.43. The van der Waals surface area contributed by atoms with E-state index in [1.54, 1.807) is 0 Å². The molecule has 0 atom stereocenters. The third-order valence-corrected chi connectivity index (χ3v) is 4.35. The van der Waals surface area contributed by atoms with Crippen molar-refractivity contribution in [3.63, 3.8) is 0 Å². The van der Waals surface area contributed by atoms with Crippen LogP contribution in [-0.4, -0.2) is 42.1 Å². The van der Waals surface area contributed by atoms with Crippen molar-refractivity contribution in [3.05, 3.63) is 0 Å². The normalized spacial score (nSPS) is 12.0. The summed E-state index contributed by atoms with van der Waals surface area (Å²) in [5.74, 6) is 1.16. The Hall–Kier alpha value is 0.0569. The van der Waals surface area contributed by atoms with E-state index in [4.69, 9.17) is 14.6 Å². The van der Waals surface area contributed by atoms with Gasteiger partial charge in [0, 0.05) is 26.3 Å². The molecule has 0 aliphatic carbocycles. The molecule has 0 aliphatic heterocycles. The fraction of sp³-hybridized carbons (Fsp3) is 1.00. The average molecular weight is 276 g/mol. The van der Waals surface area contributed by atoms with Crippen LogP contribution in [0, 0.1) is 11.8 Å². The van der Waals surface area contributed by atoms with E-state index in [0.29, 0.717) is 18.4 Å². The third-order valence-electron chi connectivity index (χ3n) is 2.35. The van der Waals surface area contributed by atoms with Gasteiger partial charge in [-0.15, -0.1) is 0 Å². The van der Waals surface area contributed by atoms with E-state index in [1.165, 1.54) is 0 Å². The molecular weight excluding hydrogens is 244 g/mol. The largest absolute Gasteiger partial charge is 0.396 e. The van der Waals surface area contributed by atoms with Crippen molar-refractivity contribution in [2.24, 2.45) is 17.6 Å². The molecule has 0 amide bonds. The highest BCUT2D eigenvalue weighted by atomic mass is 28.3. The van der Waals surface area contributed by atoms with Gasteiger partial charge in [0.05, 0.1) is 0 Å². The van der Waals surface area contributed by atoms with Crippen LogP contribution in [0.15, 0.2) is 0 Å². The molecule has 5 heteroatoms. The van der Waals surface area contributed by atoms with Gasteiger partial charge in [-0.1, -0.05) is 27.7 Å². The smallest absolute Gasteiger partial charge is 0.321 e. The van der Waals surface area contributed by atoms with Crippen molar-refractivity contribution in [1.29, 1.82) is 0 Å². The lowest BCUT2D eigenvalue weighted by Gasteiger charge is -2.19. The molecule has 0 heterocycles. The summed E-state index contributed by atoms with van der Waals surface area (Å²) in [6.07, 6.45) is 1.12. The maximum Gasteiger partial charge on any atom is 0.321 e. The van der Waals surface area contributed by atoms with Gasteiger partial charge in [0.25, 0.3) is 0 Å². The summed E-state index contributed by atoms with van der Waals surface area (Å²) >= 11 is 0. The van der Waals surface area contributed by atoms with Gasteiger partial charge in [0.15, 0.2) is 0 Å². The first-order valence-electron chi connectivity index (χ1n) is 7.20. The molecule has 0 fully saturated rings. The van der Waals surface area contributed by atoms with Crippen molar-refractivity contribution < 1.29 is 8.85 Å². The molecule has 0 unspecified atom stereocenters. The lowest BCUT2D eigenvalue weighted by molar-refractivity contribution is 0.162. The second kappa shape index (κ2) is 12.1. The van der Waals surface area contributed by atoms with Crippen LogP contribution in [0.3, 0.4) is 0 Å². The fourth-order valence-electron chi connectivity index (χ4n) is 1.44. The number of hydrogen-bond donors (Lipinski definition) is 2. The van der Waals surface area contributed by atoms with Crippen molar-refractivity contribution in [2.75, 3.05) is 32.8 Å². The molecule has 110 valence electrons. The molecule has 0 bridgehead atoms. The molecule has 0 aliphatic rings. The zero-order valence-electron chi connectivity index (χ0n) is 12.6. The summed E-state index contributed by atoms with van der Waals surface area (Å²) in [6, 6.07) is 1.08. The first-order valence-corrected chi connectivity index (χ1v) is 8.96. The van der Waals surface area contributed by atoms with Crippen LogP contribution in [-0.2, 0) is 8.85 Å². The van der Waals surface area contributed by atoms with Crippen LogP contribution in [0.5, 0.6) is 0 Å². The standard InChI is InChI=1S/C13H32N2O2Si/c1-12(2)10-16-18(17-11-13(3)4)9-5-7-15-8-6-14/h12-13,15,18H,5-11,14H2,1-4H3. The van der Waals surface area contributed by atoms with Crippen molar-refractivity contribution >= 4 is 9.28 Å². The molecule has 0 saturated heterocycles. The summed E-state index contributed by atoms with van der Waals surface area (Å²) < 4.78 is 11.8. The molecule has 0 aromatic heterocycles. The maximum absolute atomic E-state index is 5.92. The van der Waals surface area contributed by atoms with Crippen LogP contribution < -0.4 is 11.1 Å². The van der Waals surface area contributed by atoms with E-state index in [2.05, 4.69) is 33.0 Å². The van der Waals surface area contributed by atoms with Crippen LogP contribution in [0.25, 0.3) is 0 Å². The average Bonchev–Trinajstić information content (AvgIpc) is 2.30. The number of nitrogens with one attached hydrogen (secondary N) is 1. The number of nitrogens with two attached hydrogens (primary N) is 1. The number of hydrogen-bond acceptors (Lipinski definition) is 4. The van der Waals surface area contributed by atoms with Gasteiger partial charge in [-0.3, -0.25) is 0 Å². The van der Waals surface area contributed by atoms with Crippen LogP contribution in [0.2, 0.25) is 6.04 Å². The molecule has 0 aromatic carbocycles. The Morgan fingerprint density at radius 2 is 1.56 bits per heavy atom. The third kappa shape index (κ3) is 12.5. The Kier molecular flexibility index (Phi) is 12.1. The van der Waals surface area contributed by atoms with Crippen molar-refractivity contribution in [3.8, 4) is 0 Å². The molecule has 18 heavy (non-hydrogen) atoms. The van der Waals surface area contributed by atoms with Crippen LogP contribution >= 0.6 is 0 Å². The molecule has 0 radical (unpaired) electrons. The molecule has 0 spiro atoms. The molecule has 3 N–H and O–H groups in total. The Morgan fingerprint density at radius 1 is 1.00 bits per heavy atom. The second-order valence-corrected chi connectivity index (χ2v) is 7.67. The lowest BCUT2D eigenvalue weighted by Crippen LogP contribution is -2.29. The Morgan fingerprint density at radius 3 is 2.00 bits per heavy atom. The maximum atomic E-state index is 5.92. The fourth-order valence-corrected chi connectivity index (χ4v) is 3.60. The minimum Gasteiger partial charge on any atom is -0.396 e. The Bertz CT molecular complexity index is 168. The highest BCUT2D eigenvalue weighted by Crippen LogP contribution is 2.06. The van der Waals surface area contributed by atoms with Gasteiger partial charge in [-0.05, 0) is 30.8 Å². The van der Waals surface area contributed by atoms with Crippen LogP contribution in [0.4, 0.5) is 0 Å². The summed E-state index contributed by atoms with van der Waals surface area (Å²) in [7, 11) is -1.47. The molecule has 4 nitrogen and oxygen atoms in total. The first kappa shape index (κ1) is 18.1. The zero-order valence-corrected chi connectivity index (χ0v) is 13.7. The highest BCUT2D eigenvalue weighted by molar-refractivity contribution is 6.44. The van der Waals surface area contributed by atoms with E-state index in [-0.39, 0.29) is 0 Å². The second-order valence-electron chi connectivity index (χ2n) is 5.56. The van der Waals surface area contributed by atoms with Gasteiger partial charge >= 0.3 is 9.28 Å². The Balaban J connectivity index is 3.74. The molecule has 0 aromatic rings. The van der Waals surface area contributed by atoms with Crippen molar-refractivity contribution in [1.82, 2.24) is 5.32 Å². The van der Waals surface area contributed by atoms with Gasteiger partial charge in [0.2, 0.25) is 0 Å². The van der Waals surface area contributed by atoms with E-state index < -0.39 is 9.28 Å². The predicted octanol–water partition coefficient (Wildman–Crippen LogP) is 1.49. The summed E-state index contributed by atoms with van der Waals surface area (Å²) in [4.78, 5) is 0. The predicted molar refractivity (Wildman–Crippen MR) is 80.1 cm³/mol. The molecule has 0 rings (SSSR count). The van der Waals surface area contributed by atoms with E-state index >= 15 is 0 Å². The molecular formula is C13H32N2O2Si. The van der Waals surface area contributed by atoms with Gasteiger partial charge in [-0.25, -0.2) is 0 Å². The quantitative estimate of drug-likeness (QED) is 0.419. The van der Waals surface area contributed by atoms with Crippen molar-refractivity contribution in [2.45, 2.75) is 40.2 Å². The first-order chi connectivity index (χ1) is 8.56. The summed E-state index contributed by atoms with van der Waals surface area (Å²) in [5, 5.41) is 3.31.